The van der Waals surface area contributed by atoms with Gasteiger partial charge in [-0.05, 0) is 47.5 Å². The second-order valence-corrected chi connectivity index (χ2v) is 6.60. The molecule has 0 unspecified atom stereocenters. The Kier molecular flexibility index (Phi) is 5.18. The van der Waals surface area contributed by atoms with Crippen LogP contribution in [0.25, 0.3) is 28.2 Å². The van der Waals surface area contributed by atoms with Crippen molar-refractivity contribution >= 4 is 40.5 Å². The number of fused-ring (bicyclic) bond motifs is 1. The summed E-state index contributed by atoms with van der Waals surface area (Å²) < 4.78 is 5.40. The highest BCUT2D eigenvalue weighted by atomic mass is 35.5. The summed E-state index contributed by atoms with van der Waals surface area (Å²) in [6.07, 6.45) is 5.45. The van der Waals surface area contributed by atoms with Gasteiger partial charge in [0, 0.05) is 16.6 Å². The van der Waals surface area contributed by atoms with Gasteiger partial charge in [-0.3, -0.25) is 4.99 Å². The second-order valence-electron chi connectivity index (χ2n) is 6.19. The molecule has 0 aliphatic carbocycles. The zero-order valence-corrected chi connectivity index (χ0v) is 15.6. The van der Waals surface area contributed by atoms with Gasteiger partial charge in [-0.2, -0.15) is 0 Å². The fourth-order valence-electron chi connectivity index (χ4n) is 2.88. The van der Waals surface area contributed by atoms with Gasteiger partial charge in [0.15, 0.2) is 0 Å². The summed E-state index contributed by atoms with van der Waals surface area (Å²) in [5, 5.41) is 1.59. The summed E-state index contributed by atoms with van der Waals surface area (Å²) in [4.78, 5) is 16.7. The normalized spacial score (nSPS) is 11.6. The van der Waals surface area contributed by atoms with Crippen LogP contribution in [0.1, 0.15) is 5.56 Å². The molecular weight excluding hydrogens is 370 g/mol. The van der Waals surface area contributed by atoms with Crippen molar-refractivity contribution in [1.29, 1.82) is 0 Å². The van der Waals surface area contributed by atoms with Crippen LogP contribution in [0, 0.1) is 0 Å². The maximum atomic E-state index is 12.3. The molecule has 4 rings (SSSR count). The van der Waals surface area contributed by atoms with E-state index in [2.05, 4.69) is 4.99 Å². The molecule has 0 fully saturated rings. The lowest BCUT2D eigenvalue weighted by Gasteiger charge is -2.03. The number of halogens is 1. The summed E-state index contributed by atoms with van der Waals surface area (Å²) in [5.41, 5.74) is 3.30. The minimum atomic E-state index is -0.349. The molecule has 3 nitrogen and oxygen atoms in total. The van der Waals surface area contributed by atoms with E-state index in [1.807, 2.05) is 84.9 Å². The number of benzene rings is 3. The largest absolute Gasteiger partial charge is 0.422 e. The number of rotatable bonds is 4. The smallest absolute Gasteiger partial charge is 0.344 e. The van der Waals surface area contributed by atoms with E-state index in [1.54, 1.807) is 12.3 Å². The van der Waals surface area contributed by atoms with Crippen LogP contribution in [0.2, 0.25) is 5.02 Å². The first-order chi connectivity index (χ1) is 13.7. The van der Waals surface area contributed by atoms with E-state index in [-0.39, 0.29) is 5.63 Å². The zero-order chi connectivity index (χ0) is 19.3. The average molecular weight is 386 g/mol. The second kappa shape index (κ2) is 8.07. The van der Waals surface area contributed by atoms with Crippen LogP contribution >= 0.6 is 11.6 Å². The van der Waals surface area contributed by atoms with Crippen molar-refractivity contribution in [3.63, 3.8) is 0 Å². The lowest BCUT2D eigenvalue weighted by Crippen LogP contribution is -2.02. The Hall–Kier alpha value is -3.43. The first kappa shape index (κ1) is 18.0. The molecule has 0 aliphatic rings. The standard InChI is InChI=1S/C24H16ClNO2/c25-22-9-3-1-6-18(22)8-5-15-26-20-13-11-17(12-14-20)21-16-19-7-2-4-10-23(19)28-24(21)27/h1-16H/b8-5-,26-15?. The SMILES string of the molecule is O=c1oc2ccccc2cc1-c1ccc(N=C/C=C\c2ccccc2Cl)cc1. The van der Waals surface area contributed by atoms with E-state index in [9.17, 15) is 4.79 Å². The Morgan fingerprint density at radius 3 is 2.46 bits per heavy atom. The molecule has 0 atom stereocenters. The molecule has 0 saturated heterocycles. The van der Waals surface area contributed by atoms with Gasteiger partial charge in [0.05, 0.1) is 11.3 Å². The molecule has 1 heterocycles. The predicted octanol–water partition coefficient (Wildman–Crippen LogP) is 6.53. The Morgan fingerprint density at radius 1 is 0.893 bits per heavy atom. The summed E-state index contributed by atoms with van der Waals surface area (Å²) in [6.45, 7) is 0. The van der Waals surface area contributed by atoms with Crippen LogP contribution in [0.3, 0.4) is 0 Å². The van der Waals surface area contributed by atoms with Crippen molar-refractivity contribution in [2.24, 2.45) is 4.99 Å². The van der Waals surface area contributed by atoms with Gasteiger partial charge in [-0.1, -0.05) is 66.2 Å². The molecule has 0 amide bonds. The highest BCUT2D eigenvalue weighted by molar-refractivity contribution is 6.32. The third kappa shape index (κ3) is 3.95. The Labute approximate surface area is 167 Å². The number of allylic oxidation sites excluding steroid dienone is 1. The summed E-state index contributed by atoms with van der Waals surface area (Å²) >= 11 is 6.12. The molecule has 4 heteroatoms. The molecular formula is C24H16ClNO2. The molecule has 0 spiro atoms. The highest BCUT2D eigenvalue weighted by Crippen LogP contribution is 2.23. The molecule has 0 aliphatic heterocycles. The topological polar surface area (TPSA) is 42.6 Å². The van der Waals surface area contributed by atoms with Crippen LogP contribution in [0.4, 0.5) is 5.69 Å². The quantitative estimate of drug-likeness (QED) is 0.296. The predicted molar refractivity (Wildman–Crippen MR) is 117 cm³/mol. The lowest BCUT2D eigenvalue weighted by atomic mass is 10.1. The Morgan fingerprint density at radius 2 is 1.64 bits per heavy atom. The maximum absolute atomic E-state index is 12.3. The number of hydrogen-bond acceptors (Lipinski definition) is 3. The molecule has 3 aromatic carbocycles. The minimum Gasteiger partial charge on any atom is -0.422 e. The molecule has 28 heavy (non-hydrogen) atoms. The van der Waals surface area contributed by atoms with E-state index in [1.165, 1.54) is 0 Å². The van der Waals surface area contributed by atoms with E-state index in [0.717, 1.165) is 22.2 Å². The first-order valence-electron chi connectivity index (χ1n) is 8.79. The van der Waals surface area contributed by atoms with E-state index < -0.39 is 0 Å². The zero-order valence-electron chi connectivity index (χ0n) is 14.9. The number of para-hydroxylation sites is 1. The van der Waals surface area contributed by atoms with Gasteiger partial charge in [-0.15, -0.1) is 0 Å². The van der Waals surface area contributed by atoms with Gasteiger partial charge in [0.25, 0.3) is 0 Å². The Balaban J connectivity index is 1.54. The van der Waals surface area contributed by atoms with Crippen LogP contribution in [0.15, 0.2) is 99.1 Å². The van der Waals surface area contributed by atoms with Crippen molar-refractivity contribution in [3.05, 3.63) is 106 Å². The third-order valence-electron chi connectivity index (χ3n) is 4.31. The van der Waals surface area contributed by atoms with Gasteiger partial charge in [0.2, 0.25) is 0 Å². The molecule has 0 N–H and O–H groups in total. The van der Waals surface area contributed by atoms with Gasteiger partial charge in [-0.25, -0.2) is 4.79 Å². The van der Waals surface area contributed by atoms with Gasteiger partial charge in [0.1, 0.15) is 5.58 Å². The van der Waals surface area contributed by atoms with Gasteiger partial charge < -0.3 is 4.42 Å². The summed E-state index contributed by atoms with van der Waals surface area (Å²) in [7, 11) is 0. The van der Waals surface area contributed by atoms with Crippen molar-refractivity contribution in [2.45, 2.75) is 0 Å². The summed E-state index contributed by atoms with van der Waals surface area (Å²) in [5.74, 6) is 0. The monoisotopic (exact) mass is 385 g/mol. The highest BCUT2D eigenvalue weighted by Gasteiger charge is 2.07. The van der Waals surface area contributed by atoms with E-state index >= 15 is 0 Å². The molecule has 0 saturated carbocycles. The number of nitrogens with zero attached hydrogens (tertiary/aromatic N) is 1. The fourth-order valence-corrected chi connectivity index (χ4v) is 3.08. The third-order valence-corrected chi connectivity index (χ3v) is 4.65. The van der Waals surface area contributed by atoms with Crippen molar-refractivity contribution in [1.82, 2.24) is 0 Å². The van der Waals surface area contributed by atoms with Crippen LogP contribution in [-0.4, -0.2) is 6.21 Å². The first-order valence-corrected chi connectivity index (χ1v) is 9.17. The molecule has 1 aromatic heterocycles. The van der Waals surface area contributed by atoms with Crippen molar-refractivity contribution < 1.29 is 4.42 Å². The van der Waals surface area contributed by atoms with E-state index in [0.29, 0.717) is 16.2 Å². The molecule has 0 bridgehead atoms. The average Bonchev–Trinajstić information content (AvgIpc) is 2.72. The van der Waals surface area contributed by atoms with Crippen LogP contribution < -0.4 is 5.63 Å². The lowest BCUT2D eigenvalue weighted by molar-refractivity contribution is 0.563. The molecule has 0 radical (unpaired) electrons. The number of aliphatic imine (C=N–C) groups is 1. The van der Waals surface area contributed by atoms with Gasteiger partial charge >= 0.3 is 5.63 Å². The van der Waals surface area contributed by atoms with E-state index in [4.69, 9.17) is 16.0 Å². The molecule has 136 valence electrons. The minimum absolute atomic E-state index is 0.349. The number of hydrogen-bond donors (Lipinski definition) is 0. The van der Waals surface area contributed by atoms with Crippen LogP contribution in [-0.2, 0) is 0 Å². The maximum Gasteiger partial charge on any atom is 0.344 e. The summed E-state index contributed by atoms with van der Waals surface area (Å²) in [6, 6.07) is 24.4. The van der Waals surface area contributed by atoms with Crippen molar-refractivity contribution in [3.8, 4) is 11.1 Å². The Bertz CT molecular complexity index is 1240. The van der Waals surface area contributed by atoms with Crippen molar-refractivity contribution in [2.75, 3.05) is 0 Å². The fraction of sp³-hybridized carbons (Fsp3) is 0. The van der Waals surface area contributed by atoms with Crippen LogP contribution in [0.5, 0.6) is 0 Å². The molecule has 4 aromatic rings.